The lowest BCUT2D eigenvalue weighted by Crippen LogP contribution is -2.53. The first-order valence-corrected chi connectivity index (χ1v) is 16.8. The molecular weight excluding hydrogens is 602 g/mol. The molecule has 4 aromatic rings. The van der Waals surface area contributed by atoms with Crippen LogP contribution in [0.15, 0.2) is 84.9 Å². The molecule has 0 aliphatic rings. The number of aryl methyl sites for hydroxylation is 2. The van der Waals surface area contributed by atoms with Crippen molar-refractivity contribution in [3.63, 3.8) is 0 Å². The van der Waals surface area contributed by atoms with E-state index in [1.807, 2.05) is 74.5 Å². The zero-order chi connectivity index (χ0) is 34.8. The van der Waals surface area contributed by atoms with Gasteiger partial charge in [-0.05, 0) is 98.3 Å². The average molecular weight is 652 g/mol. The number of carbonyl (C=O) groups excluding carboxylic acids is 3. The van der Waals surface area contributed by atoms with Crippen molar-refractivity contribution in [1.82, 2.24) is 10.2 Å². The van der Waals surface area contributed by atoms with Crippen molar-refractivity contribution in [3.8, 4) is 5.75 Å². The van der Waals surface area contributed by atoms with Gasteiger partial charge in [0.15, 0.2) is 0 Å². The molecule has 0 aliphatic heterocycles. The van der Waals surface area contributed by atoms with Gasteiger partial charge in [-0.15, -0.1) is 0 Å². The third kappa shape index (κ3) is 10.1. The van der Waals surface area contributed by atoms with Gasteiger partial charge in [0.1, 0.15) is 23.4 Å². The lowest BCUT2D eigenvalue weighted by atomic mass is 9.97. The van der Waals surface area contributed by atoms with E-state index in [2.05, 4.69) is 17.6 Å². The number of benzene rings is 4. The van der Waals surface area contributed by atoms with Gasteiger partial charge < -0.3 is 25.4 Å². The molecule has 2 atom stereocenters. The van der Waals surface area contributed by atoms with Crippen LogP contribution in [-0.4, -0.2) is 46.1 Å². The van der Waals surface area contributed by atoms with E-state index in [4.69, 9.17) is 4.74 Å². The number of anilines is 1. The van der Waals surface area contributed by atoms with Crippen LogP contribution in [0.1, 0.15) is 81.7 Å². The zero-order valence-corrected chi connectivity index (χ0v) is 29.0. The predicted molar refractivity (Wildman–Crippen MR) is 192 cm³/mol. The Morgan fingerprint density at radius 3 is 2.21 bits per heavy atom. The molecule has 0 saturated carbocycles. The van der Waals surface area contributed by atoms with E-state index in [1.54, 1.807) is 49.9 Å². The van der Waals surface area contributed by atoms with E-state index >= 15 is 0 Å². The van der Waals surface area contributed by atoms with Gasteiger partial charge in [-0.25, -0.2) is 4.79 Å². The molecule has 48 heavy (non-hydrogen) atoms. The summed E-state index contributed by atoms with van der Waals surface area (Å²) in [5, 5.41) is 17.8. The quantitative estimate of drug-likeness (QED) is 0.126. The fraction of sp³-hybridized carbons (Fsp3) is 0.375. The summed E-state index contributed by atoms with van der Waals surface area (Å²) in [5.74, 6) is -0.653. The Bertz CT molecular complexity index is 1710. The van der Waals surface area contributed by atoms with Crippen LogP contribution in [-0.2, 0) is 20.7 Å². The summed E-state index contributed by atoms with van der Waals surface area (Å²) >= 11 is 0. The molecule has 3 N–H and O–H groups in total. The highest BCUT2D eigenvalue weighted by atomic mass is 16.6. The van der Waals surface area contributed by atoms with Crippen molar-refractivity contribution in [2.75, 3.05) is 11.9 Å². The molecule has 3 amide bonds. The molecule has 8 nitrogen and oxygen atoms in total. The largest absolute Gasteiger partial charge is 0.508 e. The van der Waals surface area contributed by atoms with Gasteiger partial charge >= 0.3 is 6.09 Å². The Hall–Kier alpha value is -4.85. The number of alkyl carbamates (subject to hydrolysis) is 1. The number of hydrogen-bond donors (Lipinski definition) is 3. The average Bonchev–Trinajstić information content (AvgIpc) is 3.03. The fourth-order valence-electron chi connectivity index (χ4n) is 5.68. The molecule has 0 saturated heterocycles. The molecule has 4 rings (SSSR count). The number of ether oxygens (including phenoxy) is 1. The highest BCUT2D eigenvalue weighted by Crippen LogP contribution is 2.28. The SMILES string of the molecule is CCCCCCN(C(=O)C(Cc1ccc(O)cc1)NC(=O)OC(C)(C)C)C(C(=O)Nc1ccc2ccccc2c1)c1ccc(C)c(C)c1. The van der Waals surface area contributed by atoms with Crippen molar-refractivity contribution < 1.29 is 24.2 Å². The van der Waals surface area contributed by atoms with Crippen LogP contribution in [0.25, 0.3) is 10.8 Å². The Kier molecular flexibility index (Phi) is 12.2. The maximum atomic E-state index is 14.8. The second kappa shape index (κ2) is 16.3. The highest BCUT2D eigenvalue weighted by Gasteiger charge is 2.36. The van der Waals surface area contributed by atoms with Gasteiger partial charge in [-0.3, -0.25) is 9.59 Å². The van der Waals surface area contributed by atoms with Gasteiger partial charge in [0, 0.05) is 18.7 Å². The molecule has 2 unspecified atom stereocenters. The minimum absolute atomic E-state index is 0.0967. The van der Waals surface area contributed by atoms with E-state index in [0.717, 1.165) is 46.7 Å². The number of nitrogens with zero attached hydrogens (tertiary/aromatic N) is 1. The fourth-order valence-corrected chi connectivity index (χ4v) is 5.68. The summed E-state index contributed by atoms with van der Waals surface area (Å²) in [6.07, 6.45) is 2.98. The van der Waals surface area contributed by atoms with E-state index in [9.17, 15) is 19.5 Å². The molecule has 0 aliphatic carbocycles. The minimum Gasteiger partial charge on any atom is -0.508 e. The van der Waals surface area contributed by atoms with Crippen LogP contribution >= 0.6 is 0 Å². The summed E-state index contributed by atoms with van der Waals surface area (Å²) in [7, 11) is 0. The van der Waals surface area contributed by atoms with Gasteiger partial charge in [0.05, 0.1) is 0 Å². The topological polar surface area (TPSA) is 108 Å². The lowest BCUT2D eigenvalue weighted by Gasteiger charge is -2.35. The third-order valence-electron chi connectivity index (χ3n) is 8.32. The van der Waals surface area contributed by atoms with E-state index in [1.165, 1.54) is 0 Å². The van der Waals surface area contributed by atoms with Gasteiger partial charge in [0.2, 0.25) is 5.91 Å². The van der Waals surface area contributed by atoms with Crippen molar-refractivity contribution >= 4 is 34.4 Å². The summed E-state index contributed by atoms with van der Waals surface area (Å²) in [6.45, 7) is 11.7. The molecule has 8 heteroatoms. The molecule has 0 heterocycles. The van der Waals surface area contributed by atoms with Crippen molar-refractivity contribution in [1.29, 1.82) is 0 Å². The van der Waals surface area contributed by atoms with Crippen LogP contribution in [0.5, 0.6) is 5.75 Å². The maximum Gasteiger partial charge on any atom is 0.408 e. The first-order chi connectivity index (χ1) is 22.8. The molecule has 4 aromatic carbocycles. The van der Waals surface area contributed by atoms with E-state index in [-0.39, 0.29) is 18.1 Å². The van der Waals surface area contributed by atoms with Crippen LogP contribution in [0.2, 0.25) is 0 Å². The van der Waals surface area contributed by atoms with Crippen LogP contribution in [0.3, 0.4) is 0 Å². The Labute approximate surface area is 284 Å². The summed E-state index contributed by atoms with van der Waals surface area (Å²) in [4.78, 5) is 44.0. The summed E-state index contributed by atoms with van der Waals surface area (Å²) < 4.78 is 5.56. The molecule has 0 bridgehead atoms. The highest BCUT2D eigenvalue weighted by molar-refractivity contribution is 6.00. The second-order valence-corrected chi connectivity index (χ2v) is 13.5. The maximum absolute atomic E-state index is 14.8. The number of phenols is 1. The number of phenolic OH excluding ortho intramolecular Hbond substituents is 1. The van der Waals surface area contributed by atoms with Crippen molar-refractivity contribution in [2.24, 2.45) is 0 Å². The Morgan fingerprint density at radius 1 is 0.833 bits per heavy atom. The standard InChI is InChI=1S/C40H49N3O5/c1-7-8-9-12-23-43(38(46)35(42-39(47)48-40(4,5)6)25-29-16-21-34(44)22-17-29)36(32-18-15-27(2)28(3)24-32)37(45)41-33-20-19-30-13-10-11-14-31(30)26-33/h10-11,13-22,24,26,35-36,44H,7-9,12,23,25H2,1-6H3,(H,41,45)(H,42,47). The molecule has 0 aromatic heterocycles. The first kappa shape index (κ1) is 36.0. The smallest absolute Gasteiger partial charge is 0.408 e. The zero-order valence-electron chi connectivity index (χ0n) is 29.0. The third-order valence-corrected chi connectivity index (χ3v) is 8.32. The van der Waals surface area contributed by atoms with Crippen LogP contribution < -0.4 is 10.6 Å². The first-order valence-electron chi connectivity index (χ1n) is 16.8. The van der Waals surface area contributed by atoms with Crippen LogP contribution in [0, 0.1) is 13.8 Å². The van der Waals surface area contributed by atoms with Gasteiger partial charge in [0.25, 0.3) is 5.91 Å². The summed E-state index contributed by atoms with van der Waals surface area (Å²) in [5.41, 5.74) is 3.33. The number of carbonyl (C=O) groups is 3. The number of fused-ring (bicyclic) bond motifs is 1. The van der Waals surface area contributed by atoms with Gasteiger partial charge in [-0.2, -0.15) is 0 Å². The number of nitrogens with one attached hydrogen (secondary N) is 2. The van der Waals surface area contributed by atoms with Crippen molar-refractivity contribution in [3.05, 3.63) is 107 Å². The van der Waals surface area contributed by atoms with E-state index in [0.29, 0.717) is 24.2 Å². The minimum atomic E-state index is -1.04. The normalized spacial score (nSPS) is 12.6. The number of rotatable bonds is 13. The second-order valence-electron chi connectivity index (χ2n) is 13.5. The number of unbranched alkanes of at least 4 members (excludes halogenated alkanes) is 3. The van der Waals surface area contributed by atoms with Gasteiger partial charge in [-0.1, -0.05) is 86.8 Å². The predicted octanol–water partition coefficient (Wildman–Crippen LogP) is 8.39. The number of amides is 3. The monoisotopic (exact) mass is 651 g/mol. The van der Waals surface area contributed by atoms with E-state index < -0.39 is 29.7 Å². The van der Waals surface area contributed by atoms with Crippen LogP contribution in [0.4, 0.5) is 10.5 Å². The molecule has 0 radical (unpaired) electrons. The molecular formula is C40H49N3O5. The Balaban J connectivity index is 1.77. The summed E-state index contributed by atoms with van der Waals surface area (Å²) in [6, 6.07) is 24.0. The number of hydrogen-bond acceptors (Lipinski definition) is 5. The molecule has 0 spiro atoms. The number of aromatic hydroxyl groups is 1. The lowest BCUT2D eigenvalue weighted by molar-refractivity contribution is -0.140. The molecule has 0 fully saturated rings. The molecule has 254 valence electrons. The Morgan fingerprint density at radius 2 is 1.54 bits per heavy atom. The van der Waals surface area contributed by atoms with Crippen molar-refractivity contribution in [2.45, 2.75) is 91.3 Å².